The van der Waals surface area contributed by atoms with E-state index in [1.54, 1.807) is 0 Å². The van der Waals surface area contributed by atoms with Gasteiger partial charge in [0.1, 0.15) is 11.3 Å². The van der Waals surface area contributed by atoms with Crippen LogP contribution in [-0.4, -0.2) is 19.3 Å². The lowest BCUT2D eigenvalue weighted by Crippen LogP contribution is -2.05. The third-order valence-corrected chi connectivity index (χ3v) is 4.18. The first-order valence-electron chi connectivity index (χ1n) is 6.31. The zero-order valence-corrected chi connectivity index (χ0v) is 14.3. The van der Waals surface area contributed by atoms with Crippen LogP contribution in [0.15, 0.2) is 24.3 Å². The van der Waals surface area contributed by atoms with E-state index in [4.69, 9.17) is 11.6 Å². The number of aromatic nitrogens is 4. The van der Waals surface area contributed by atoms with Crippen LogP contribution in [0.2, 0.25) is 0 Å². The van der Waals surface area contributed by atoms with E-state index in [1.807, 2.05) is 25.6 Å². The molecule has 6 heteroatoms. The van der Waals surface area contributed by atoms with Crippen molar-refractivity contribution in [3.63, 3.8) is 0 Å². The van der Waals surface area contributed by atoms with E-state index >= 15 is 0 Å². The van der Waals surface area contributed by atoms with Crippen LogP contribution in [0.25, 0.3) is 16.9 Å². The molecule has 0 saturated heterocycles. The van der Waals surface area contributed by atoms with Crippen molar-refractivity contribution in [1.29, 1.82) is 0 Å². The van der Waals surface area contributed by atoms with Gasteiger partial charge in [0.05, 0.1) is 11.1 Å². The minimum absolute atomic E-state index is 0.166. The van der Waals surface area contributed by atoms with Crippen LogP contribution in [0.1, 0.15) is 23.8 Å². The first-order chi connectivity index (χ1) is 9.49. The molecule has 2 aromatic heterocycles. The van der Waals surface area contributed by atoms with Crippen molar-refractivity contribution in [3.05, 3.63) is 39.4 Å². The summed E-state index contributed by atoms with van der Waals surface area (Å²) in [6, 6.07) is 8.31. The van der Waals surface area contributed by atoms with Gasteiger partial charge in [0.25, 0.3) is 0 Å². The second-order valence-corrected chi connectivity index (χ2v) is 6.68. The van der Waals surface area contributed by atoms with Gasteiger partial charge in [-0.2, -0.15) is 5.10 Å². The van der Waals surface area contributed by atoms with Crippen LogP contribution in [-0.2, 0) is 7.05 Å². The van der Waals surface area contributed by atoms with Crippen molar-refractivity contribution in [2.75, 3.05) is 0 Å². The fourth-order valence-corrected chi connectivity index (χ4v) is 2.91. The predicted molar refractivity (Wildman–Crippen MR) is 89.6 cm³/mol. The van der Waals surface area contributed by atoms with Crippen molar-refractivity contribution in [1.82, 2.24) is 19.3 Å². The zero-order valence-electron chi connectivity index (χ0n) is 11.4. The molecule has 3 rings (SSSR count). The SMILES string of the molecule is Cc1nn(C)c2c1nc(C(C)Cl)n2-c1ccc(I)cc1. The van der Waals surface area contributed by atoms with Gasteiger partial charge in [0.2, 0.25) is 0 Å². The number of hydrogen-bond donors (Lipinski definition) is 0. The Labute approximate surface area is 135 Å². The maximum absolute atomic E-state index is 6.31. The lowest BCUT2D eigenvalue weighted by Gasteiger charge is -2.11. The molecule has 0 spiro atoms. The summed E-state index contributed by atoms with van der Waals surface area (Å²) >= 11 is 8.60. The van der Waals surface area contributed by atoms with Crippen LogP contribution < -0.4 is 0 Å². The number of halogens is 2. The molecule has 0 aliphatic heterocycles. The number of hydrogen-bond acceptors (Lipinski definition) is 2. The van der Waals surface area contributed by atoms with Gasteiger partial charge < -0.3 is 0 Å². The van der Waals surface area contributed by atoms with E-state index < -0.39 is 0 Å². The highest BCUT2D eigenvalue weighted by Gasteiger charge is 2.21. The van der Waals surface area contributed by atoms with Crippen LogP contribution in [0, 0.1) is 10.5 Å². The topological polar surface area (TPSA) is 35.6 Å². The number of benzene rings is 1. The molecule has 1 aromatic carbocycles. The second kappa shape index (κ2) is 5.04. The number of aryl methyl sites for hydroxylation is 2. The number of fused-ring (bicyclic) bond motifs is 1. The highest BCUT2D eigenvalue weighted by atomic mass is 127. The van der Waals surface area contributed by atoms with Crippen LogP contribution in [0.3, 0.4) is 0 Å². The Hall–Kier alpha value is -1.08. The van der Waals surface area contributed by atoms with Crippen LogP contribution >= 0.6 is 34.2 Å². The Morgan fingerprint density at radius 3 is 2.50 bits per heavy atom. The molecular weight excluding hydrogens is 387 g/mol. The van der Waals surface area contributed by atoms with Gasteiger partial charge in [-0.25, -0.2) is 9.67 Å². The van der Waals surface area contributed by atoms with Crippen molar-refractivity contribution >= 4 is 45.4 Å². The summed E-state index contributed by atoms with van der Waals surface area (Å²) in [4.78, 5) is 4.68. The second-order valence-electron chi connectivity index (χ2n) is 4.78. The minimum Gasteiger partial charge on any atom is -0.280 e. The first kappa shape index (κ1) is 13.9. The standard InChI is InChI=1S/C14H14ClIN4/c1-8(15)13-17-12-9(2)18-19(3)14(12)20(13)11-6-4-10(16)5-7-11/h4-8H,1-3H3. The lowest BCUT2D eigenvalue weighted by molar-refractivity contribution is 0.748. The number of nitrogens with zero attached hydrogens (tertiary/aromatic N) is 4. The van der Waals surface area contributed by atoms with Crippen LogP contribution in [0.5, 0.6) is 0 Å². The summed E-state index contributed by atoms with van der Waals surface area (Å²) in [5, 5.41) is 4.28. The average Bonchev–Trinajstić information content (AvgIpc) is 2.90. The molecule has 1 atom stereocenters. The average molecular weight is 401 g/mol. The van der Waals surface area contributed by atoms with Gasteiger partial charge in [-0.3, -0.25) is 4.57 Å². The number of rotatable bonds is 2. The molecule has 0 fully saturated rings. The molecule has 104 valence electrons. The number of imidazole rings is 1. The summed E-state index contributed by atoms with van der Waals surface area (Å²) in [6.45, 7) is 3.91. The van der Waals surface area contributed by atoms with Crippen molar-refractivity contribution < 1.29 is 0 Å². The molecule has 0 aliphatic rings. The fraction of sp³-hybridized carbons (Fsp3) is 0.286. The van der Waals surface area contributed by atoms with E-state index in [9.17, 15) is 0 Å². The molecule has 3 aromatic rings. The Kier molecular flexibility index (Phi) is 3.50. The van der Waals surface area contributed by atoms with Gasteiger partial charge in [0.15, 0.2) is 5.65 Å². The zero-order chi connectivity index (χ0) is 14.4. The lowest BCUT2D eigenvalue weighted by atomic mass is 10.3. The highest BCUT2D eigenvalue weighted by Crippen LogP contribution is 2.29. The quantitative estimate of drug-likeness (QED) is 0.482. The first-order valence-corrected chi connectivity index (χ1v) is 7.82. The third kappa shape index (κ3) is 2.13. The van der Waals surface area contributed by atoms with E-state index in [0.717, 1.165) is 28.4 Å². The largest absolute Gasteiger partial charge is 0.280 e. The van der Waals surface area contributed by atoms with E-state index in [2.05, 4.69) is 61.5 Å². The highest BCUT2D eigenvalue weighted by molar-refractivity contribution is 14.1. The number of alkyl halides is 1. The molecular formula is C14H14ClIN4. The fourth-order valence-electron chi connectivity index (χ4n) is 2.40. The maximum atomic E-state index is 6.31. The van der Waals surface area contributed by atoms with E-state index in [0.29, 0.717) is 0 Å². The molecule has 0 amide bonds. The smallest absolute Gasteiger partial charge is 0.163 e. The molecule has 1 unspecified atom stereocenters. The molecule has 0 saturated carbocycles. The summed E-state index contributed by atoms with van der Waals surface area (Å²) in [7, 11) is 1.93. The van der Waals surface area contributed by atoms with Crippen molar-refractivity contribution in [2.45, 2.75) is 19.2 Å². The molecule has 0 aliphatic carbocycles. The Morgan fingerprint density at radius 1 is 1.25 bits per heavy atom. The molecule has 4 nitrogen and oxygen atoms in total. The molecule has 20 heavy (non-hydrogen) atoms. The van der Waals surface area contributed by atoms with Crippen molar-refractivity contribution in [2.24, 2.45) is 7.05 Å². The van der Waals surface area contributed by atoms with Gasteiger partial charge in [0, 0.05) is 16.3 Å². The molecule has 0 radical (unpaired) electrons. The van der Waals surface area contributed by atoms with Crippen LogP contribution in [0.4, 0.5) is 0 Å². The van der Waals surface area contributed by atoms with Gasteiger partial charge in [-0.1, -0.05) is 0 Å². The van der Waals surface area contributed by atoms with E-state index in [1.165, 1.54) is 3.57 Å². The third-order valence-electron chi connectivity index (χ3n) is 3.27. The molecule has 0 bridgehead atoms. The van der Waals surface area contributed by atoms with Crippen molar-refractivity contribution in [3.8, 4) is 5.69 Å². The monoisotopic (exact) mass is 400 g/mol. The Balaban J connectivity index is 2.36. The normalized spacial score (nSPS) is 13.1. The van der Waals surface area contributed by atoms with Gasteiger partial charge >= 0.3 is 0 Å². The predicted octanol–water partition coefficient (Wildman–Crippen LogP) is 3.97. The molecule has 2 heterocycles. The Morgan fingerprint density at radius 2 is 1.90 bits per heavy atom. The van der Waals surface area contributed by atoms with Gasteiger partial charge in [-0.05, 0) is 60.7 Å². The maximum Gasteiger partial charge on any atom is 0.163 e. The summed E-state index contributed by atoms with van der Waals surface area (Å²) in [5.41, 5.74) is 3.86. The van der Waals surface area contributed by atoms with Gasteiger partial charge in [-0.15, -0.1) is 11.6 Å². The molecule has 0 N–H and O–H groups in total. The summed E-state index contributed by atoms with van der Waals surface area (Å²) in [5.74, 6) is 0.846. The summed E-state index contributed by atoms with van der Waals surface area (Å²) < 4.78 is 5.14. The Bertz CT molecular complexity index is 771. The van der Waals surface area contributed by atoms with E-state index in [-0.39, 0.29) is 5.38 Å². The summed E-state index contributed by atoms with van der Waals surface area (Å²) in [6.07, 6.45) is 0. The minimum atomic E-state index is -0.166.